The summed E-state index contributed by atoms with van der Waals surface area (Å²) in [6, 6.07) is 1.70. The third kappa shape index (κ3) is 2.98. The van der Waals surface area contributed by atoms with Gasteiger partial charge in [-0.3, -0.25) is 0 Å². The zero-order valence-corrected chi connectivity index (χ0v) is 10.2. The van der Waals surface area contributed by atoms with Gasteiger partial charge in [0.05, 0.1) is 0 Å². The van der Waals surface area contributed by atoms with E-state index in [-0.39, 0.29) is 5.95 Å². The maximum absolute atomic E-state index is 5.80. The highest BCUT2D eigenvalue weighted by Gasteiger charge is 2.20. The van der Waals surface area contributed by atoms with Gasteiger partial charge in [-0.25, -0.2) is 4.98 Å². The molecule has 88 valence electrons. The molecule has 1 aromatic rings. The number of rotatable bonds is 3. The Balaban J connectivity index is 1.89. The molecule has 4 nitrogen and oxygen atoms in total. The van der Waals surface area contributed by atoms with Crippen LogP contribution in [0.3, 0.4) is 0 Å². The van der Waals surface area contributed by atoms with Crippen molar-refractivity contribution in [3.8, 4) is 0 Å². The van der Waals surface area contributed by atoms with Gasteiger partial charge in [0.1, 0.15) is 11.0 Å². The minimum Gasteiger partial charge on any atom is -0.370 e. The van der Waals surface area contributed by atoms with Crippen LogP contribution in [-0.4, -0.2) is 16.5 Å². The first-order chi connectivity index (χ1) is 7.63. The number of hydrogen-bond acceptors (Lipinski definition) is 4. The van der Waals surface area contributed by atoms with E-state index in [1.165, 1.54) is 19.3 Å². The Bertz CT molecular complexity index is 349. The Morgan fingerprint density at radius 2 is 2.31 bits per heavy atom. The van der Waals surface area contributed by atoms with Crippen LogP contribution in [0.2, 0.25) is 5.15 Å². The van der Waals surface area contributed by atoms with Gasteiger partial charge in [-0.1, -0.05) is 24.9 Å². The fraction of sp³-hybridized carbons (Fsp3) is 0.636. The van der Waals surface area contributed by atoms with Gasteiger partial charge >= 0.3 is 0 Å². The van der Waals surface area contributed by atoms with Gasteiger partial charge in [0.25, 0.3) is 0 Å². The molecule has 2 unspecified atom stereocenters. The van der Waals surface area contributed by atoms with Crippen molar-refractivity contribution in [1.82, 2.24) is 9.97 Å². The molecule has 0 aliphatic heterocycles. The number of halogens is 1. The minimum absolute atomic E-state index is 0.217. The molecule has 0 amide bonds. The summed E-state index contributed by atoms with van der Waals surface area (Å²) in [7, 11) is 0. The number of hydrogen-bond donors (Lipinski definition) is 2. The minimum atomic E-state index is 0.217. The highest BCUT2D eigenvalue weighted by atomic mass is 35.5. The third-order valence-corrected chi connectivity index (χ3v) is 3.28. The molecule has 1 aromatic heterocycles. The standard InChI is InChI=1S/C11H17ClN4/c1-7-2-3-8(4-7)6-14-10-5-9(12)15-11(13)16-10/h5,7-8H,2-4,6H2,1H3,(H3,13,14,15,16). The molecule has 2 atom stereocenters. The highest BCUT2D eigenvalue weighted by Crippen LogP contribution is 2.30. The average Bonchev–Trinajstić information content (AvgIpc) is 2.60. The zero-order valence-electron chi connectivity index (χ0n) is 9.41. The quantitative estimate of drug-likeness (QED) is 0.797. The monoisotopic (exact) mass is 240 g/mol. The van der Waals surface area contributed by atoms with Crippen molar-refractivity contribution in [2.45, 2.75) is 26.2 Å². The molecule has 2 rings (SSSR count). The molecule has 1 aliphatic rings. The summed E-state index contributed by atoms with van der Waals surface area (Å²) >= 11 is 5.80. The predicted octanol–water partition coefficient (Wildman–Crippen LogP) is 2.56. The molecular weight excluding hydrogens is 224 g/mol. The van der Waals surface area contributed by atoms with Gasteiger partial charge < -0.3 is 11.1 Å². The van der Waals surface area contributed by atoms with Crippen LogP contribution in [-0.2, 0) is 0 Å². The molecule has 1 heterocycles. The van der Waals surface area contributed by atoms with Gasteiger partial charge in [-0.15, -0.1) is 0 Å². The number of nitrogens with zero attached hydrogens (tertiary/aromatic N) is 2. The van der Waals surface area contributed by atoms with Crippen LogP contribution in [0, 0.1) is 11.8 Å². The SMILES string of the molecule is CC1CCC(CNc2cc(Cl)nc(N)n2)C1. The molecule has 0 spiro atoms. The lowest BCUT2D eigenvalue weighted by Crippen LogP contribution is -2.13. The van der Waals surface area contributed by atoms with E-state index in [9.17, 15) is 0 Å². The molecule has 5 heteroatoms. The summed E-state index contributed by atoms with van der Waals surface area (Å²) < 4.78 is 0. The average molecular weight is 241 g/mol. The van der Waals surface area contributed by atoms with Crippen LogP contribution < -0.4 is 11.1 Å². The number of anilines is 2. The molecule has 0 aromatic carbocycles. The van der Waals surface area contributed by atoms with Gasteiger partial charge in [-0.05, 0) is 24.7 Å². The second-order valence-electron chi connectivity index (χ2n) is 4.60. The van der Waals surface area contributed by atoms with E-state index < -0.39 is 0 Å². The number of nitrogens with one attached hydrogen (secondary N) is 1. The van der Waals surface area contributed by atoms with E-state index in [0.717, 1.165) is 24.2 Å². The fourth-order valence-electron chi connectivity index (χ4n) is 2.29. The molecule has 0 radical (unpaired) electrons. The molecule has 3 N–H and O–H groups in total. The first-order valence-electron chi connectivity index (χ1n) is 5.67. The van der Waals surface area contributed by atoms with Crippen molar-refractivity contribution < 1.29 is 0 Å². The normalized spacial score (nSPS) is 24.6. The number of aromatic nitrogens is 2. The summed E-state index contributed by atoms with van der Waals surface area (Å²) in [6.07, 6.45) is 3.92. The fourth-order valence-corrected chi connectivity index (χ4v) is 2.47. The van der Waals surface area contributed by atoms with Crippen molar-refractivity contribution in [2.24, 2.45) is 11.8 Å². The smallest absolute Gasteiger partial charge is 0.223 e. The van der Waals surface area contributed by atoms with Crippen LogP contribution in [0.1, 0.15) is 26.2 Å². The molecule has 1 fully saturated rings. The van der Waals surface area contributed by atoms with E-state index in [2.05, 4.69) is 22.2 Å². The maximum atomic E-state index is 5.80. The summed E-state index contributed by atoms with van der Waals surface area (Å²) in [5, 5.41) is 3.66. The first-order valence-corrected chi connectivity index (χ1v) is 6.05. The Morgan fingerprint density at radius 3 is 2.94 bits per heavy atom. The van der Waals surface area contributed by atoms with Crippen LogP contribution in [0.4, 0.5) is 11.8 Å². The van der Waals surface area contributed by atoms with E-state index in [1.807, 2.05) is 0 Å². The third-order valence-electron chi connectivity index (χ3n) is 3.09. The lowest BCUT2D eigenvalue weighted by Gasteiger charge is -2.11. The number of nitrogen functional groups attached to an aromatic ring is 1. The summed E-state index contributed by atoms with van der Waals surface area (Å²) in [5.74, 6) is 2.53. The molecule has 1 saturated carbocycles. The van der Waals surface area contributed by atoms with Crippen LogP contribution in [0.15, 0.2) is 6.07 Å². The lowest BCUT2D eigenvalue weighted by molar-refractivity contribution is 0.536. The summed E-state index contributed by atoms with van der Waals surface area (Å²) in [5.41, 5.74) is 5.52. The molecular formula is C11H17ClN4. The topological polar surface area (TPSA) is 63.8 Å². The summed E-state index contributed by atoms with van der Waals surface area (Å²) in [6.45, 7) is 3.25. The molecule has 1 aliphatic carbocycles. The molecule has 0 saturated heterocycles. The van der Waals surface area contributed by atoms with Crippen LogP contribution in [0.5, 0.6) is 0 Å². The van der Waals surface area contributed by atoms with Gasteiger partial charge in [0.2, 0.25) is 5.95 Å². The van der Waals surface area contributed by atoms with E-state index in [0.29, 0.717) is 5.15 Å². The Kier molecular flexibility index (Phi) is 3.49. The van der Waals surface area contributed by atoms with Crippen molar-refractivity contribution in [3.63, 3.8) is 0 Å². The van der Waals surface area contributed by atoms with Crippen molar-refractivity contribution in [2.75, 3.05) is 17.6 Å². The predicted molar refractivity (Wildman–Crippen MR) is 66.4 cm³/mol. The van der Waals surface area contributed by atoms with E-state index >= 15 is 0 Å². The Labute approximate surface area is 101 Å². The van der Waals surface area contributed by atoms with Crippen molar-refractivity contribution in [3.05, 3.63) is 11.2 Å². The van der Waals surface area contributed by atoms with Crippen LogP contribution >= 0.6 is 11.6 Å². The number of nitrogens with two attached hydrogens (primary N) is 1. The zero-order chi connectivity index (χ0) is 11.5. The van der Waals surface area contributed by atoms with Gasteiger partial charge in [0, 0.05) is 12.6 Å². The summed E-state index contributed by atoms with van der Waals surface area (Å²) in [4.78, 5) is 7.90. The van der Waals surface area contributed by atoms with Gasteiger partial charge in [0.15, 0.2) is 0 Å². The lowest BCUT2D eigenvalue weighted by atomic mass is 10.1. The second-order valence-corrected chi connectivity index (χ2v) is 4.99. The molecule has 0 bridgehead atoms. The van der Waals surface area contributed by atoms with Crippen molar-refractivity contribution >= 4 is 23.4 Å². The van der Waals surface area contributed by atoms with E-state index in [1.54, 1.807) is 6.07 Å². The molecule has 16 heavy (non-hydrogen) atoms. The van der Waals surface area contributed by atoms with Crippen LogP contribution in [0.25, 0.3) is 0 Å². The largest absolute Gasteiger partial charge is 0.370 e. The van der Waals surface area contributed by atoms with Crippen molar-refractivity contribution in [1.29, 1.82) is 0 Å². The van der Waals surface area contributed by atoms with E-state index in [4.69, 9.17) is 17.3 Å². The first kappa shape index (κ1) is 11.5. The highest BCUT2D eigenvalue weighted by molar-refractivity contribution is 6.29. The maximum Gasteiger partial charge on any atom is 0.223 e. The second kappa shape index (κ2) is 4.87. The van der Waals surface area contributed by atoms with Gasteiger partial charge in [-0.2, -0.15) is 4.98 Å². The Morgan fingerprint density at radius 1 is 1.50 bits per heavy atom. The Hall–Kier alpha value is -1.03.